The highest BCUT2D eigenvalue weighted by molar-refractivity contribution is 6.44. The number of rotatable bonds is 0. The van der Waals surface area contributed by atoms with Crippen molar-refractivity contribution in [3.63, 3.8) is 0 Å². The van der Waals surface area contributed by atoms with Crippen LogP contribution in [0, 0.1) is 17.2 Å². The molecule has 22 heavy (non-hydrogen) atoms. The predicted molar refractivity (Wildman–Crippen MR) is 87.5 cm³/mol. The van der Waals surface area contributed by atoms with Crippen molar-refractivity contribution >= 4 is 34.1 Å². The van der Waals surface area contributed by atoms with E-state index in [0.29, 0.717) is 33.0 Å². The van der Waals surface area contributed by atoms with E-state index in [9.17, 15) is 0 Å². The summed E-state index contributed by atoms with van der Waals surface area (Å²) in [5, 5.41) is 10.6. The molecule has 6 rings (SSSR count). The summed E-state index contributed by atoms with van der Waals surface area (Å²) in [7, 11) is 0. The number of nitrogens with one attached hydrogen (secondary N) is 1. The minimum atomic E-state index is 0.449. The first-order valence-electron chi connectivity index (χ1n) is 8.06. The fourth-order valence-corrected chi connectivity index (χ4v) is 5.51. The maximum atomic E-state index is 8.74. The molecule has 2 aliphatic heterocycles. The molecular weight excluding hydrogens is 317 g/mol. The van der Waals surface area contributed by atoms with E-state index in [2.05, 4.69) is 4.57 Å². The van der Waals surface area contributed by atoms with Crippen molar-refractivity contribution in [2.24, 2.45) is 11.8 Å². The summed E-state index contributed by atoms with van der Waals surface area (Å²) in [4.78, 5) is 4.92. The van der Waals surface area contributed by atoms with Gasteiger partial charge in [-0.25, -0.2) is 4.98 Å². The summed E-state index contributed by atoms with van der Waals surface area (Å²) < 4.78 is 2.22. The smallest absolute Gasteiger partial charge is 0.136 e. The van der Waals surface area contributed by atoms with Gasteiger partial charge in [0, 0.05) is 17.3 Å². The molecule has 0 spiro atoms. The van der Waals surface area contributed by atoms with Gasteiger partial charge >= 0.3 is 0 Å². The lowest BCUT2D eigenvalue weighted by Gasteiger charge is -2.37. The molecule has 2 saturated carbocycles. The van der Waals surface area contributed by atoms with Crippen LogP contribution in [-0.4, -0.2) is 9.55 Å². The Balaban J connectivity index is 1.87. The normalized spacial score (nSPS) is 32.3. The van der Waals surface area contributed by atoms with Crippen LogP contribution in [0.1, 0.15) is 49.9 Å². The van der Waals surface area contributed by atoms with Crippen LogP contribution in [0.2, 0.25) is 10.0 Å². The second kappa shape index (κ2) is 4.48. The third-order valence-corrected chi connectivity index (χ3v) is 6.68. The molecule has 2 aliphatic carbocycles. The number of hydrogen-bond acceptors (Lipinski definition) is 2. The van der Waals surface area contributed by atoms with Gasteiger partial charge in [-0.2, -0.15) is 0 Å². The molecule has 1 aromatic carbocycles. The van der Waals surface area contributed by atoms with Crippen molar-refractivity contribution in [1.29, 1.82) is 5.41 Å². The molecule has 4 aliphatic rings. The van der Waals surface area contributed by atoms with Crippen LogP contribution >= 0.6 is 23.2 Å². The summed E-state index contributed by atoms with van der Waals surface area (Å²) in [5.74, 6) is 3.19. The van der Waals surface area contributed by atoms with E-state index in [4.69, 9.17) is 33.6 Å². The molecule has 1 N–H and O–H groups in total. The molecule has 2 aromatic rings. The largest absolute Gasteiger partial charge is 0.311 e. The van der Waals surface area contributed by atoms with Gasteiger partial charge in [-0.1, -0.05) is 23.2 Å². The van der Waals surface area contributed by atoms with Crippen LogP contribution in [-0.2, 0) is 0 Å². The van der Waals surface area contributed by atoms with Crippen LogP contribution in [0.5, 0.6) is 0 Å². The monoisotopic (exact) mass is 333 g/mol. The summed E-state index contributed by atoms with van der Waals surface area (Å²) in [5.41, 5.74) is 1.27. The Labute approximate surface area is 138 Å². The highest BCUT2D eigenvalue weighted by Gasteiger charge is 2.43. The third kappa shape index (κ3) is 1.70. The SMILES string of the molecule is N=c1c2ccc(Cl)c(Cl)c2nc2n1C1CC3CC(CC2C3)C1. The standard InChI is InChI=1S/C17H17Cl2N3/c18-13-2-1-12-15(14(13)19)21-17-10-4-8-3-9(5-10)7-11(6-8)22(17)16(12)20/h1-2,8-11,20H,3-7H2. The van der Waals surface area contributed by atoms with Crippen molar-refractivity contribution < 1.29 is 0 Å². The Bertz CT molecular complexity index is 843. The van der Waals surface area contributed by atoms with Gasteiger partial charge in [-0.15, -0.1) is 0 Å². The lowest BCUT2D eigenvalue weighted by Crippen LogP contribution is -2.31. The minimum Gasteiger partial charge on any atom is -0.311 e. The van der Waals surface area contributed by atoms with E-state index in [0.717, 1.165) is 23.0 Å². The van der Waals surface area contributed by atoms with Crippen LogP contribution < -0.4 is 5.49 Å². The van der Waals surface area contributed by atoms with E-state index in [1.54, 1.807) is 6.07 Å². The summed E-state index contributed by atoms with van der Waals surface area (Å²) in [6, 6.07) is 4.12. The molecule has 114 valence electrons. The number of aromatic nitrogens is 2. The molecule has 2 atom stereocenters. The first-order valence-corrected chi connectivity index (χ1v) is 8.82. The molecule has 1 aromatic heterocycles. The van der Waals surface area contributed by atoms with Gasteiger partial charge < -0.3 is 4.57 Å². The number of halogens is 2. The lowest BCUT2D eigenvalue weighted by atomic mass is 9.68. The fourth-order valence-electron chi connectivity index (χ4n) is 5.15. The molecule has 0 amide bonds. The summed E-state index contributed by atoms with van der Waals surface area (Å²) in [6.45, 7) is 0. The molecular formula is C17H17Cl2N3. The van der Waals surface area contributed by atoms with Gasteiger partial charge in [0.1, 0.15) is 11.3 Å². The van der Waals surface area contributed by atoms with Crippen molar-refractivity contribution in [2.75, 3.05) is 0 Å². The van der Waals surface area contributed by atoms with Gasteiger partial charge in [0.25, 0.3) is 0 Å². The fraction of sp³-hybridized carbons (Fsp3) is 0.529. The van der Waals surface area contributed by atoms with Crippen molar-refractivity contribution in [3.05, 3.63) is 33.5 Å². The number of benzene rings is 1. The lowest BCUT2D eigenvalue weighted by molar-refractivity contribution is 0.150. The van der Waals surface area contributed by atoms with Crippen molar-refractivity contribution in [1.82, 2.24) is 9.55 Å². The molecule has 5 heteroatoms. The average molecular weight is 334 g/mol. The maximum absolute atomic E-state index is 8.74. The Hall–Kier alpha value is -1.06. The zero-order valence-corrected chi connectivity index (χ0v) is 13.7. The van der Waals surface area contributed by atoms with Gasteiger partial charge in [0.05, 0.1) is 15.6 Å². The first kappa shape index (κ1) is 13.4. The molecule has 4 bridgehead atoms. The molecule has 2 fully saturated rings. The zero-order chi connectivity index (χ0) is 15.0. The topological polar surface area (TPSA) is 41.7 Å². The molecule has 0 radical (unpaired) electrons. The Morgan fingerprint density at radius 1 is 1.05 bits per heavy atom. The maximum Gasteiger partial charge on any atom is 0.136 e. The van der Waals surface area contributed by atoms with Crippen molar-refractivity contribution in [3.8, 4) is 0 Å². The van der Waals surface area contributed by atoms with E-state index in [-0.39, 0.29) is 0 Å². The second-order valence-electron chi connectivity index (χ2n) is 7.21. The van der Waals surface area contributed by atoms with Gasteiger partial charge in [0.15, 0.2) is 0 Å². The first-order chi connectivity index (χ1) is 10.6. The van der Waals surface area contributed by atoms with E-state index in [1.165, 1.54) is 32.1 Å². The average Bonchev–Trinajstić information content (AvgIpc) is 2.65. The highest BCUT2D eigenvalue weighted by Crippen LogP contribution is 2.52. The Morgan fingerprint density at radius 2 is 1.77 bits per heavy atom. The molecule has 2 unspecified atom stereocenters. The summed E-state index contributed by atoms with van der Waals surface area (Å²) in [6.07, 6.45) is 6.25. The van der Waals surface area contributed by atoms with Gasteiger partial charge in [0.2, 0.25) is 0 Å². The van der Waals surface area contributed by atoms with E-state index >= 15 is 0 Å². The minimum absolute atomic E-state index is 0.449. The second-order valence-corrected chi connectivity index (χ2v) is 7.99. The number of fused-ring (bicyclic) bond motifs is 1. The summed E-state index contributed by atoms with van der Waals surface area (Å²) >= 11 is 12.5. The predicted octanol–water partition coefficient (Wildman–Crippen LogP) is 4.67. The van der Waals surface area contributed by atoms with Crippen molar-refractivity contribution in [2.45, 2.75) is 44.1 Å². The van der Waals surface area contributed by atoms with E-state index in [1.807, 2.05) is 6.07 Å². The van der Waals surface area contributed by atoms with Crippen LogP contribution in [0.25, 0.3) is 10.9 Å². The number of nitrogens with zero attached hydrogens (tertiary/aromatic N) is 2. The Kier molecular flexibility index (Phi) is 2.73. The quantitative estimate of drug-likeness (QED) is 0.747. The molecule has 3 nitrogen and oxygen atoms in total. The highest BCUT2D eigenvalue weighted by atomic mass is 35.5. The van der Waals surface area contributed by atoms with Gasteiger partial charge in [-0.3, -0.25) is 5.41 Å². The van der Waals surface area contributed by atoms with Crippen LogP contribution in [0.4, 0.5) is 0 Å². The molecule has 0 saturated heterocycles. The number of hydrogen-bond donors (Lipinski definition) is 1. The van der Waals surface area contributed by atoms with Gasteiger partial charge in [-0.05, 0) is 56.1 Å². The van der Waals surface area contributed by atoms with Crippen LogP contribution in [0.15, 0.2) is 12.1 Å². The zero-order valence-electron chi connectivity index (χ0n) is 12.1. The Morgan fingerprint density at radius 3 is 2.50 bits per heavy atom. The van der Waals surface area contributed by atoms with E-state index < -0.39 is 0 Å². The molecule has 3 heterocycles. The third-order valence-electron chi connectivity index (χ3n) is 5.88. The van der Waals surface area contributed by atoms with Crippen LogP contribution in [0.3, 0.4) is 0 Å².